The molecule has 3 amide bonds. The first-order valence-corrected chi connectivity index (χ1v) is 13.5. The maximum atomic E-state index is 14.3. The van der Waals surface area contributed by atoms with Crippen LogP contribution < -0.4 is 10.6 Å². The van der Waals surface area contributed by atoms with Crippen LogP contribution in [0.25, 0.3) is 0 Å². The van der Waals surface area contributed by atoms with E-state index in [2.05, 4.69) is 17.2 Å². The molecule has 0 aliphatic rings. The molecule has 0 aliphatic carbocycles. The number of nitrogens with zero attached hydrogens (tertiary/aromatic N) is 1. The Morgan fingerprint density at radius 3 is 2.12 bits per heavy atom. The zero-order valence-electron chi connectivity index (χ0n) is 24.3. The molecule has 216 valence electrons. The third-order valence-electron chi connectivity index (χ3n) is 6.38. The Hall–Kier alpha value is -4.59. The Kier molecular flexibility index (Phi) is 10.3. The molecule has 41 heavy (non-hydrogen) atoms. The molecule has 0 aliphatic heterocycles. The number of amides is 3. The highest BCUT2D eigenvalue weighted by atomic mass is 16.6. The molecule has 0 fully saturated rings. The van der Waals surface area contributed by atoms with E-state index >= 15 is 0 Å². The van der Waals surface area contributed by atoms with Gasteiger partial charge in [-0.3, -0.25) is 9.59 Å². The molecule has 8 heteroatoms. The van der Waals surface area contributed by atoms with Gasteiger partial charge < -0.3 is 25.4 Å². The van der Waals surface area contributed by atoms with E-state index in [1.807, 2.05) is 38.1 Å². The summed E-state index contributed by atoms with van der Waals surface area (Å²) in [6.07, 6.45) is 0.890. The van der Waals surface area contributed by atoms with Crippen LogP contribution in [-0.2, 0) is 20.7 Å². The first-order chi connectivity index (χ1) is 19.4. The van der Waals surface area contributed by atoms with Crippen LogP contribution in [0.1, 0.15) is 49.1 Å². The van der Waals surface area contributed by atoms with Crippen LogP contribution >= 0.6 is 0 Å². The quantitative estimate of drug-likeness (QED) is 0.272. The van der Waals surface area contributed by atoms with Crippen LogP contribution in [0.5, 0.6) is 5.75 Å². The Morgan fingerprint density at radius 1 is 0.951 bits per heavy atom. The Bertz CT molecular complexity index is 1340. The molecule has 0 aromatic heterocycles. The van der Waals surface area contributed by atoms with Gasteiger partial charge in [0.2, 0.25) is 5.91 Å². The summed E-state index contributed by atoms with van der Waals surface area (Å²) in [6.45, 7) is 12.9. The van der Waals surface area contributed by atoms with Crippen molar-refractivity contribution in [1.29, 1.82) is 0 Å². The first kappa shape index (κ1) is 30.9. The molecule has 3 N–H and O–H groups in total. The fourth-order valence-electron chi connectivity index (χ4n) is 4.49. The Balaban J connectivity index is 2.04. The normalized spacial score (nSPS) is 12.5. The number of phenolic OH excluding ortho intramolecular Hbond substituents is 1. The van der Waals surface area contributed by atoms with Crippen LogP contribution in [0, 0.1) is 13.8 Å². The highest BCUT2D eigenvalue weighted by Gasteiger charge is 2.36. The summed E-state index contributed by atoms with van der Waals surface area (Å²) in [4.78, 5) is 42.5. The molecule has 0 bridgehead atoms. The largest absolute Gasteiger partial charge is 0.508 e. The Morgan fingerprint density at radius 2 is 1.56 bits per heavy atom. The standard InChI is InChI=1S/C33H39N3O5/c1-7-20-36(29(25-14-9-8-10-15-25)30(38)35-28-22(2)12-11-13-23(28)3)31(39)27(34-32(40)41-33(4,5)6)21-24-16-18-26(37)19-17-24/h7-19,27,29,37H,1,20-21H2,2-6H3,(H,34,40)(H,35,38). The number of aryl methyl sites for hydroxylation is 2. The topological polar surface area (TPSA) is 108 Å². The van der Waals surface area contributed by atoms with Gasteiger partial charge in [-0.1, -0.05) is 66.7 Å². The van der Waals surface area contributed by atoms with Gasteiger partial charge >= 0.3 is 6.09 Å². The fraction of sp³-hybridized carbons (Fsp3) is 0.303. The van der Waals surface area contributed by atoms with Gasteiger partial charge in [0.05, 0.1) is 0 Å². The number of alkyl carbamates (subject to hydrolysis) is 1. The van der Waals surface area contributed by atoms with Crippen molar-refractivity contribution in [2.75, 3.05) is 11.9 Å². The van der Waals surface area contributed by atoms with Gasteiger partial charge in [-0.05, 0) is 69.0 Å². The van der Waals surface area contributed by atoms with Crippen molar-refractivity contribution in [3.8, 4) is 5.75 Å². The van der Waals surface area contributed by atoms with Gasteiger partial charge in [-0.2, -0.15) is 0 Å². The average Bonchev–Trinajstić information content (AvgIpc) is 2.90. The predicted octanol–water partition coefficient (Wildman–Crippen LogP) is 5.84. The number of carbonyl (C=O) groups is 3. The van der Waals surface area contributed by atoms with Crippen molar-refractivity contribution >= 4 is 23.6 Å². The minimum Gasteiger partial charge on any atom is -0.508 e. The van der Waals surface area contributed by atoms with Gasteiger partial charge in [-0.25, -0.2) is 4.79 Å². The van der Waals surface area contributed by atoms with Crippen LogP contribution in [-0.4, -0.2) is 46.1 Å². The number of aromatic hydroxyl groups is 1. The monoisotopic (exact) mass is 557 g/mol. The lowest BCUT2D eigenvalue weighted by Gasteiger charge is -2.34. The number of benzene rings is 3. The number of nitrogens with one attached hydrogen (secondary N) is 2. The third-order valence-corrected chi connectivity index (χ3v) is 6.38. The molecule has 2 atom stereocenters. The zero-order chi connectivity index (χ0) is 30.2. The summed E-state index contributed by atoms with van der Waals surface area (Å²) < 4.78 is 5.45. The van der Waals surface area contributed by atoms with E-state index < -0.39 is 35.6 Å². The van der Waals surface area contributed by atoms with E-state index in [0.29, 0.717) is 16.8 Å². The summed E-state index contributed by atoms with van der Waals surface area (Å²) >= 11 is 0. The van der Waals surface area contributed by atoms with Crippen LogP contribution in [0.15, 0.2) is 85.5 Å². The number of hydrogen-bond donors (Lipinski definition) is 3. The number of para-hydroxylation sites is 1. The van der Waals surface area contributed by atoms with Crippen molar-refractivity contribution in [1.82, 2.24) is 10.2 Å². The van der Waals surface area contributed by atoms with Crippen molar-refractivity contribution in [3.63, 3.8) is 0 Å². The highest BCUT2D eigenvalue weighted by molar-refractivity contribution is 6.00. The minimum atomic E-state index is -1.08. The third kappa shape index (κ3) is 8.70. The fourth-order valence-corrected chi connectivity index (χ4v) is 4.49. The van der Waals surface area contributed by atoms with E-state index in [9.17, 15) is 19.5 Å². The maximum absolute atomic E-state index is 14.3. The van der Waals surface area contributed by atoms with E-state index in [-0.39, 0.29) is 18.7 Å². The van der Waals surface area contributed by atoms with Crippen molar-refractivity contribution in [2.24, 2.45) is 0 Å². The lowest BCUT2D eigenvalue weighted by molar-refractivity contribution is -0.140. The molecule has 0 saturated carbocycles. The van der Waals surface area contributed by atoms with E-state index in [1.54, 1.807) is 63.2 Å². The maximum Gasteiger partial charge on any atom is 0.408 e. The highest BCUT2D eigenvalue weighted by Crippen LogP contribution is 2.27. The van der Waals surface area contributed by atoms with E-state index in [0.717, 1.165) is 11.1 Å². The molecule has 0 radical (unpaired) electrons. The van der Waals surface area contributed by atoms with Crippen molar-refractivity contribution in [2.45, 2.75) is 58.7 Å². The zero-order valence-corrected chi connectivity index (χ0v) is 24.3. The second-order valence-electron chi connectivity index (χ2n) is 10.9. The van der Waals surface area contributed by atoms with Crippen LogP contribution in [0.4, 0.5) is 10.5 Å². The smallest absolute Gasteiger partial charge is 0.408 e. The second-order valence-corrected chi connectivity index (χ2v) is 10.9. The molecule has 3 rings (SSSR count). The summed E-state index contributed by atoms with van der Waals surface area (Å²) in [5.74, 6) is -0.809. The number of ether oxygens (including phenoxy) is 1. The van der Waals surface area contributed by atoms with Gasteiger partial charge in [0.1, 0.15) is 23.4 Å². The molecular weight excluding hydrogens is 518 g/mol. The van der Waals surface area contributed by atoms with Crippen LogP contribution in [0.2, 0.25) is 0 Å². The second kappa shape index (κ2) is 13.7. The summed E-state index contributed by atoms with van der Waals surface area (Å²) in [6, 6.07) is 19.0. The molecule has 3 aromatic rings. The Labute approximate surface area is 242 Å². The molecule has 0 saturated heterocycles. The molecular formula is C33H39N3O5. The van der Waals surface area contributed by atoms with Gasteiger partial charge in [0.15, 0.2) is 0 Å². The first-order valence-electron chi connectivity index (χ1n) is 13.5. The molecule has 2 unspecified atom stereocenters. The van der Waals surface area contributed by atoms with Crippen molar-refractivity contribution in [3.05, 3.63) is 108 Å². The van der Waals surface area contributed by atoms with Gasteiger partial charge in [0.25, 0.3) is 5.91 Å². The molecule has 0 spiro atoms. The average molecular weight is 558 g/mol. The number of carbonyl (C=O) groups excluding carboxylic acids is 3. The molecule has 8 nitrogen and oxygen atoms in total. The number of rotatable bonds is 10. The predicted molar refractivity (Wildman–Crippen MR) is 161 cm³/mol. The van der Waals surface area contributed by atoms with E-state index in [1.165, 1.54) is 17.0 Å². The SMILES string of the molecule is C=CCN(C(=O)C(Cc1ccc(O)cc1)NC(=O)OC(C)(C)C)C(C(=O)Nc1c(C)cccc1C)c1ccccc1. The number of phenols is 1. The summed E-state index contributed by atoms with van der Waals surface area (Å²) in [5.41, 5.74) is 2.98. The summed E-state index contributed by atoms with van der Waals surface area (Å²) in [7, 11) is 0. The minimum absolute atomic E-state index is 0.0423. The van der Waals surface area contributed by atoms with Crippen LogP contribution in [0.3, 0.4) is 0 Å². The number of anilines is 1. The van der Waals surface area contributed by atoms with Gasteiger partial charge in [0, 0.05) is 18.7 Å². The molecule has 0 heterocycles. The molecule has 3 aromatic carbocycles. The summed E-state index contributed by atoms with van der Waals surface area (Å²) in [5, 5.41) is 15.5. The van der Waals surface area contributed by atoms with E-state index in [4.69, 9.17) is 4.74 Å². The lowest BCUT2D eigenvalue weighted by atomic mass is 9.99. The number of hydrogen-bond acceptors (Lipinski definition) is 5. The van der Waals surface area contributed by atoms with Gasteiger partial charge in [-0.15, -0.1) is 6.58 Å². The van der Waals surface area contributed by atoms with Crippen molar-refractivity contribution < 1.29 is 24.2 Å². The lowest BCUT2D eigenvalue weighted by Crippen LogP contribution is -2.53.